The Kier molecular flexibility index (Phi) is 4.05. The lowest BCUT2D eigenvalue weighted by Crippen LogP contribution is -2.54. The van der Waals surface area contributed by atoms with Gasteiger partial charge in [0.1, 0.15) is 6.54 Å². The summed E-state index contributed by atoms with van der Waals surface area (Å²) in [5.74, 6) is -0.0471. The lowest BCUT2D eigenvalue weighted by Gasteiger charge is -1.95. The summed E-state index contributed by atoms with van der Waals surface area (Å²) in [7, 11) is 0. The van der Waals surface area contributed by atoms with E-state index in [4.69, 9.17) is 4.52 Å². The average Bonchev–Trinajstić information content (AvgIpc) is 2.96. The van der Waals surface area contributed by atoms with Crippen LogP contribution in [-0.2, 0) is 6.54 Å². The average molecular weight is 316 g/mol. The Balaban J connectivity index is 1.99. The second-order valence-corrected chi connectivity index (χ2v) is 4.40. The Morgan fingerprint density at radius 2 is 2.44 bits per heavy atom. The van der Waals surface area contributed by atoms with Gasteiger partial charge in [0, 0.05) is 6.20 Å². The van der Waals surface area contributed by atoms with Crippen LogP contribution in [0.1, 0.15) is 16.5 Å². The van der Waals surface area contributed by atoms with Crippen molar-refractivity contribution in [2.75, 3.05) is 13.1 Å². The highest BCUT2D eigenvalue weighted by Crippen LogP contribution is 2.07. The first-order valence-electron chi connectivity index (χ1n) is 5.27. The summed E-state index contributed by atoms with van der Waals surface area (Å²) in [6.07, 6.45) is 3.43. The largest absolute Gasteiger partial charge is 0.356 e. The van der Waals surface area contributed by atoms with Gasteiger partial charge in [0.2, 0.25) is 0 Å². The molecule has 0 bridgehead atoms. The molecule has 2 aromatic heterocycles. The monoisotopic (exact) mass is 315 g/mol. The van der Waals surface area contributed by atoms with Crippen LogP contribution >= 0.6 is 15.9 Å². The van der Waals surface area contributed by atoms with Gasteiger partial charge in [-0.05, 0) is 15.9 Å². The number of rotatable bonds is 5. The molecule has 96 valence electrons. The molecule has 1 amide bonds. The molecule has 4 N–H and O–H groups in total. The highest BCUT2D eigenvalue weighted by molar-refractivity contribution is 9.10. The minimum atomic E-state index is -0.390. The molecule has 18 heavy (non-hydrogen) atoms. The molecule has 0 saturated heterocycles. The molecule has 0 fully saturated rings. The SMILES string of the molecule is [NH3+]CCNC(=O)c1nc(Cn2cc(Br)cn2)no1. The highest BCUT2D eigenvalue weighted by Gasteiger charge is 2.14. The third-order valence-electron chi connectivity index (χ3n) is 2.03. The standard InChI is InChI=1S/C9H11BrN6O2/c10-6-3-13-16(4-6)5-7-14-9(18-15-7)8(17)12-2-1-11/h3-4H,1-2,5,11H2,(H,12,17)/p+1. The van der Waals surface area contributed by atoms with Crippen molar-refractivity contribution in [3.05, 3.63) is 28.6 Å². The number of carbonyl (C=O) groups excluding carboxylic acids is 1. The summed E-state index contributed by atoms with van der Waals surface area (Å²) in [6, 6.07) is 0. The summed E-state index contributed by atoms with van der Waals surface area (Å²) < 4.78 is 7.35. The van der Waals surface area contributed by atoms with E-state index in [0.29, 0.717) is 25.5 Å². The maximum absolute atomic E-state index is 11.5. The molecular formula is C9H12BrN6O2+. The Morgan fingerprint density at radius 1 is 1.61 bits per heavy atom. The van der Waals surface area contributed by atoms with Crippen molar-refractivity contribution in [2.45, 2.75) is 6.54 Å². The number of quaternary nitrogens is 1. The van der Waals surface area contributed by atoms with E-state index in [2.05, 4.69) is 42.2 Å². The van der Waals surface area contributed by atoms with Crippen LogP contribution in [0.15, 0.2) is 21.4 Å². The lowest BCUT2D eigenvalue weighted by atomic mass is 10.5. The lowest BCUT2D eigenvalue weighted by molar-refractivity contribution is -0.364. The Bertz CT molecular complexity index is 537. The quantitative estimate of drug-likeness (QED) is 0.738. The van der Waals surface area contributed by atoms with Crippen molar-refractivity contribution in [1.29, 1.82) is 0 Å². The number of nitrogens with one attached hydrogen (secondary N) is 1. The van der Waals surface area contributed by atoms with E-state index in [9.17, 15) is 4.79 Å². The van der Waals surface area contributed by atoms with Crippen molar-refractivity contribution in [3.8, 4) is 0 Å². The summed E-state index contributed by atoms with van der Waals surface area (Å²) in [6.45, 7) is 1.43. The third kappa shape index (κ3) is 3.14. The maximum Gasteiger partial charge on any atom is 0.316 e. The molecule has 0 aliphatic carbocycles. The molecule has 0 aliphatic heterocycles. The first kappa shape index (κ1) is 12.7. The molecule has 0 saturated carbocycles. The van der Waals surface area contributed by atoms with E-state index in [0.717, 1.165) is 4.47 Å². The van der Waals surface area contributed by atoms with Gasteiger partial charge in [-0.2, -0.15) is 10.1 Å². The summed E-state index contributed by atoms with van der Waals surface area (Å²) in [5, 5.41) is 10.4. The van der Waals surface area contributed by atoms with E-state index in [-0.39, 0.29) is 11.8 Å². The van der Waals surface area contributed by atoms with Crippen LogP contribution in [0.3, 0.4) is 0 Å². The van der Waals surface area contributed by atoms with Gasteiger partial charge in [-0.3, -0.25) is 9.48 Å². The van der Waals surface area contributed by atoms with Crippen LogP contribution in [0, 0.1) is 0 Å². The zero-order chi connectivity index (χ0) is 13.0. The predicted octanol–water partition coefficient (Wildman–Crippen LogP) is -0.951. The van der Waals surface area contributed by atoms with E-state index < -0.39 is 0 Å². The van der Waals surface area contributed by atoms with Gasteiger partial charge in [0.15, 0.2) is 5.82 Å². The molecule has 2 aromatic rings. The fraction of sp³-hybridized carbons (Fsp3) is 0.333. The van der Waals surface area contributed by atoms with E-state index in [1.165, 1.54) is 0 Å². The Hall–Kier alpha value is -1.74. The number of hydrogen-bond acceptors (Lipinski definition) is 5. The van der Waals surface area contributed by atoms with Gasteiger partial charge in [0.05, 0.1) is 23.8 Å². The summed E-state index contributed by atoms with van der Waals surface area (Å²) >= 11 is 3.28. The molecule has 8 nitrogen and oxygen atoms in total. The molecule has 2 rings (SSSR count). The number of aromatic nitrogens is 4. The Morgan fingerprint density at radius 3 is 3.11 bits per heavy atom. The molecule has 0 radical (unpaired) electrons. The van der Waals surface area contributed by atoms with Gasteiger partial charge in [0.25, 0.3) is 0 Å². The van der Waals surface area contributed by atoms with Crippen LogP contribution < -0.4 is 11.1 Å². The highest BCUT2D eigenvalue weighted by atomic mass is 79.9. The minimum absolute atomic E-state index is 0.0512. The van der Waals surface area contributed by atoms with Crippen LogP contribution in [0.4, 0.5) is 0 Å². The van der Waals surface area contributed by atoms with Crippen molar-refractivity contribution in [1.82, 2.24) is 25.2 Å². The number of amides is 1. The number of nitrogens with zero attached hydrogens (tertiary/aromatic N) is 4. The molecule has 0 aromatic carbocycles. The second-order valence-electron chi connectivity index (χ2n) is 3.48. The van der Waals surface area contributed by atoms with Gasteiger partial charge in [-0.25, -0.2) is 0 Å². The molecule has 9 heteroatoms. The fourth-order valence-electron chi connectivity index (χ4n) is 1.26. The van der Waals surface area contributed by atoms with Gasteiger partial charge < -0.3 is 15.6 Å². The van der Waals surface area contributed by atoms with Crippen molar-refractivity contribution in [3.63, 3.8) is 0 Å². The Labute approximate surface area is 111 Å². The molecular weight excluding hydrogens is 304 g/mol. The predicted molar refractivity (Wildman–Crippen MR) is 63.4 cm³/mol. The molecule has 2 heterocycles. The zero-order valence-corrected chi connectivity index (χ0v) is 11.1. The molecule has 0 spiro atoms. The summed E-state index contributed by atoms with van der Waals surface area (Å²) in [4.78, 5) is 15.5. The number of hydrogen-bond donors (Lipinski definition) is 2. The van der Waals surface area contributed by atoms with Crippen molar-refractivity contribution < 1.29 is 15.1 Å². The smallest absolute Gasteiger partial charge is 0.316 e. The van der Waals surface area contributed by atoms with Crippen LogP contribution in [-0.4, -0.2) is 38.9 Å². The van der Waals surface area contributed by atoms with Crippen molar-refractivity contribution in [2.24, 2.45) is 0 Å². The van der Waals surface area contributed by atoms with Gasteiger partial charge in [-0.15, -0.1) is 0 Å². The molecule has 0 atom stereocenters. The number of halogens is 1. The minimum Gasteiger partial charge on any atom is -0.356 e. The molecule has 0 unspecified atom stereocenters. The van der Waals surface area contributed by atoms with E-state index in [1.54, 1.807) is 17.1 Å². The first-order chi connectivity index (χ1) is 8.69. The van der Waals surface area contributed by atoms with Gasteiger partial charge >= 0.3 is 11.8 Å². The van der Waals surface area contributed by atoms with Gasteiger partial charge in [-0.1, -0.05) is 5.16 Å². The van der Waals surface area contributed by atoms with E-state index in [1.807, 2.05) is 0 Å². The summed E-state index contributed by atoms with van der Waals surface area (Å²) in [5.41, 5.74) is 3.62. The maximum atomic E-state index is 11.5. The third-order valence-corrected chi connectivity index (χ3v) is 2.44. The number of carbonyl (C=O) groups is 1. The fourth-order valence-corrected chi connectivity index (χ4v) is 1.59. The van der Waals surface area contributed by atoms with Crippen molar-refractivity contribution >= 4 is 21.8 Å². The van der Waals surface area contributed by atoms with Crippen LogP contribution in [0.2, 0.25) is 0 Å². The zero-order valence-electron chi connectivity index (χ0n) is 9.47. The molecule has 0 aliphatic rings. The van der Waals surface area contributed by atoms with Crippen LogP contribution in [0.25, 0.3) is 0 Å². The van der Waals surface area contributed by atoms with E-state index >= 15 is 0 Å². The first-order valence-corrected chi connectivity index (χ1v) is 6.06. The van der Waals surface area contributed by atoms with Crippen LogP contribution in [0.5, 0.6) is 0 Å². The topological polar surface area (TPSA) is 113 Å². The second kappa shape index (κ2) is 5.74. The normalized spacial score (nSPS) is 10.6.